The van der Waals surface area contributed by atoms with Crippen molar-refractivity contribution in [3.05, 3.63) is 58.9 Å². The summed E-state index contributed by atoms with van der Waals surface area (Å²) in [5, 5.41) is 4.45. The van der Waals surface area contributed by atoms with Crippen molar-refractivity contribution in [1.82, 2.24) is 5.16 Å². The predicted molar refractivity (Wildman–Crippen MR) is 81.5 cm³/mol. The minimum Gasteiger partial charge on any atom is -0.380 e. The Bertz CT molecular complexity index is 797. The van der Waals surface area contributed by atoms with E-state index >= 15 is 0 Å². The van der Waals surface area contributed by atoms with Crippen LogP contribution < -0.4 is 5.73 Å². The minimum absolute atomic E-state index is 0.265. The van der Waals surface area contributed by atoms with E-state index in [0.717, 1.165) is 11.1 Å². The van der Waals surface area contributed by atoms with E-state index in [0.29, 0.717) is 21.9 Å². The highest BCUT2D eigenvalue weighted by molar-refractivity contribution is 6.30. The van der Waals surface area contributed by atoms with Crippen LogP contribution in [0.3, 0.4) is 0 Å². The molecule has 0 aliphatic carbocycles. The molecule has 2 aromatic carbocycles. The molecule has 0 fully saturated rings. The second-order valence-corrected chi connectivity index (χ2v) is 5.18. The van der Waals surface area contributed by atoms with Gasteiger partial charge in [-0.1, -0.05) is 28.9 Å². The Morgan fingerprint density at radius 2 is 1.76 bits per heavy atom. The van der Waals surface area contributed by atoms with E-state index in [-0.39, 0.29) is 11.6 Å². The lowest BCUT2D eigenvalue weighted by atomic mass is 10.0. The lowest BCUT2D eigenvalue weighted by Crippen LogP contribution is -1.89. The Hall–Kier alpha value is -2.33. The molecule has 0 spiro atoms. The molecular weight excluding hydrogens is 291 g/mol. The summed E-state index contributed by atoms with van der Waals surface area (Å²) >= 11 is 5.90. The predicted octanol–water partition coefficient (Wildman–Crippen LogP) is 4.69. The first-order valence-electron chi connectivity index (χ1n) is 6.34. The van der Waals surface area contributed by atoms with Crippen molar-refractivity contribution < 1.29 is 8.91 Å². The summed E-state index contributed by atoms with van der Waals surface area (Å²) < 4.78 is 18.7. The second kappa shape index (κ2) is 5.22. The average molecular weight is 303 g/mol. The van der Waals surface area contributed by atoms with Gasteiger partial charge in [0.25, 0.3) is 0 Å². The molecule has 1 aromatic heterocycles. The molecule has 106 valence electrons. The van der Waals surface area contributed by atoms with Crippen molar-refractivity contribution in [2.24, 2.45) is 0 Å². The first-order chi connectivity index (χ1) is 10.1. The van der Waals surface area contributed by atoms with Gasteiger partial charge in [-0.05, 0) is 48.4 Å². The van der Waals surface area contributed by atoms with Crippen LogP contribution in [0.25, 0.3) is 22.5 Å². The lowest BCUT2D eigenvalue weighted by Gasteiger charge is -2.04. The van der Waals surface area contributed by atoms with E-state index in [2.05, 4.69) is 5.16 Å². The van der Waals surface area contributed by atoms with Crippen LogP contribution in [0.5, 0.6) is 0 Å². The zero-order valence-electron chi connectivity index (χ0n) is 11.2. The monoisotopic (exact) mass is 302 g/mol. The summed E-state index contributed by atoms with van der Waals surface area (Å²) in [5.41, 5.74) is 8.68. The number of nitrogens with two attached hydrogens (primary N) is 1. The van der Waals surface area contributed by atoms with Gasteiger partial charge in [-0.2, -0.15) is 0 Å². The number of aryl methyl sites for hydroxylation is 1. The molecule has 3 nitrogen and oxygen atoms in total. The van der Waals surface area contributed by atoms with E-state index < -0.39 is 0 Å². The Kier molecular flexibility index (Phi) is 3.39. The summed E-state index contributed by atoms with van der Waals surface area (Å²) in [5.74, 6) is 0.534. The van der Waals surface area contributed by atoms with E-state index in [1.807, 2.05) is 12.1 Å². The van der Waals surface area contributed by atoms with Crippen LogP contribution >= 0.6 is 11.6 Å². The standard InChI is InChI=1S/C16H12ClFN2O/c1-9-8-11(4-7-13(9)18)15-14(16(19)20-21-15)10-2-5-12(17)6-3-10/h2-8H,1H3,(H2,19,20). The highest BCUT2D eigenvalue weighted by atomic mass is 35.5. The summed E-state index contributed by atoms with van der Waals surface area (Å²) in [6, 6.07) is 12.0. The van der Waals surface area contributed by atoms with Gasteiger partial charge in [0.1, 0.15) is 5.82 Å². The average Bonchev–Trinajstić information content (AvgIpc) is 2.85. The Morgan fingerprint density at radius 3 is 2.43 bits per heavy atom. The van der Waals surface area contributed by atoms with Crippen molar-refractivity contribution in [2.45, 2.75) is 6.92 Å². The molecule has 0 unspecified atom stereocenters. The van der Waals surface area contributed by atoms with Crippen molar-refractivity contribution in [3.8, 4) is 22.5 Å². The minimum atomic E-state index is -0.265. The third kappa shape index (κ3) is 2.50. The van der Waals surface area contributed by atoms with E-state index in [1.165, 1.54) is 6.07 Å². The summed E-state index contributed by atoms with van der Waals surface area (Å²) in [6.07, 6.45) is 0. The summed E-state index contributed by atoms with van der Waals surface area (Å²) in [4.78, 5) is 0. The van der Waals surface area contributed by atoms with Crippen molar-refractivity contribution in [3.63, 3.8) is 0 Å². The molecule has 0 saturated carbocycles. The molecule has 1 heterocycles. The number of aromatic nitrogens is 1. The molecule has 0 bridgehead atoms. The molecule has 3 rings (SSSR count). The third-order valence-electron chi connectivity index (χ3n) is 3.27. The Morgan fingerprint density at radius 1 is 1.10 bits per heavy atom. The second-order valence-electron chi connectivity index (χ2n) is 4.74. The van der Waals surface area contributed by atoms with Gasteiger partial charge < -0.3 is 10.3 Å². The zero-order valence-corrected chi connectivity index (χ0v) is 12.0. The molecular formula is C16H12ClFN2O. The summed E-state index contributed by atoms with van der Waals surface area (Å²) in [7, 11) is 0. The molecule has 0 saturated heterocycles. The number of nitrogens with zero attached hydrogens (tertiary/aromatic N) is 1. The maximum atomic E-state index is 13.4. The first-order valence-corrected chi connectivity index (χ1v) is 6.71. The Balaban J connectivity index is 2.16. The maximum absolute atomic E-state index is 13.4. The molecule has 0 radical (unpaired) electrons. The van der Waals surface area contributed by atoms with Gasteiger partial charge in [-0.25, -0.2) is 4.39 Å². The van der Waals surface area contributed by atoms with Crippen molar-refractivity contribution in [2.75, 3.05) is 5.73 Å². The van der Waals surface area contributed by atoms with Crippen molar-refractivity contribution in [1.29, 1.82) is 0 Å². The topological polar surface area (TPSA) is 52.0 Å². The fourth-order valence-corrected chi connectivity index (χ4v) is 2.31. The van der Waals surface area contributed by atoms with Gasteiger partial charge in [0.2, 0.25) is 0 Å². The van der Waals surface area contributed by atoms with Crippen LogP contribution in [0.1, 0.15) is 5.56 Å². The molecule has 3 aromatic rings. The number of hydrogen-bond acceptors (Lipinski definition) is 3. The molecule has 0 aliphatic heterocycles. The zero-order chi connectivity index (χ0) is 15.0. The molecule has 0 aliphatic rings. The Labute approximate surface area is 126 Å². The highest BCUT2D eigenvalue weighted by Gasteiger charge is 2.18. The van der Waals surface area contributed by atoms with Crippen LogP contribution in [0.15, 0.2) is 47.0 Å². The maximum Gasteiger partial charge on any atom is 0.176 e. The largest absolute Gasteiger partial charge is 0.380 e. The van der Waals surface area contributed by atoms with Gasteiger partial charge >= 0.3 is 0 Å². The van der Waals surface area contributed by atoms with E-state index in [1.54, 1.807) is 31.2 Å². The van der Waals surface area contributed by atoms with E-state index in [4.69, 9.17) is 21.9 Å². The van der Waals surface area contributed by atoms with Gasteiger partial charge in [-0.3, -0.25) is 0 Å². The third-order valence-corrected chi connectivity index (χ3v) is 3.52. The normalized spacial score (nSPS) is 10.8. The van der Waals surface area contributed by atoms with Gasteiger partial charge in [0, 0.05) is 10.6 Å². The number of halogens is 2. The number of benzene rings is 2. The van der Waals surface area contributed by atoms with E-state index in [9.17, 15) is 4.39 Å². The van der Waals surface area contributed by atoms with Crippen LogP contribution in [0, 0.1) is 12.7 Å². The summed E-state index contributed by atoms with van der Waals surface area (Å²) in [6.45, 7) is 1.69. The number of anilines is 1. The molecule has 0 atom stereocenters. The SMILES string of the molecule is Cc1cc(-c2onc(N)c2-c2ccc(Cl)cc2)ccc1F. The molecule has 0 amide bonds. The van der Waals surface area contributed by atoms with Crippen LogP contribution in [-0.4, -0.2) is 5.16 Å². The fraction of sp³-hybridized carbons (Fsp3) is 0.0625. The van der Waals surface area contributed by atoms with Gasteiger partial charge in [-0.15, -0.1) is 0 Å². The molecule has 21 heavy (non-hydrogen) atoms. The number of rotatable bonds is 2. The smallest absolute Gasteiger partial charge is 0.176 e. The van der Waals surface area contributed by atoms with Crippen LogP contribution in [0.4, 0.5) is 10.2 Å². The highest BCUT2D eigenvalue weighted by Crippen LogP contribution is 2.37. The van der Waals surface area contributed by atoms with Crippen LogP contribution in [0.2, 0.25) is 5.02 Å². The number of nitrogen functional groups attached to an aromatic ring is 1. The first kappa shape index (κ1) is 13.6. The number of hydrogen-bond donors (Lipinski definition) is 1. The quantitative estimate of drug-likeness (QED) is 0.747. The fourth-order valence-electron chi connectivity index (χ4n) is 2.18. The van der Waals surface area contributed by atoms with Gasteiger partial charge in [0.15, 0.2) is 11.6 Å². The van der Waals surface area contributed by atoms with Crippen molar-refractivity contribution >= 4 is 17.4 Å². The lowest BCUT2D eigenvalue weighted by molar-refractivity contribution is 0.436. The van der Waals surface area contributed by atoms with Gasteiger partial charge in [0.05, 0.1) is 5.56 Å². The molecule has 2 N–H and O–H groups in total. The van der Waals surface area contributed by atoms with Crippen LogP contribution in [-0.2, 0) is 0 Å². The molecule has 5 heteroatoms.